The van der Waals surface area contributed by atoms with Gasteiger partial charge in [-0.1, -0.05) is 168 Å². The second-order valence-corrected chi connectivity index (χ2v) is 14.7. The van der Waals surface area contributed by atoms with Gasteiger partial charge in [-0.3, -0.25) is 0 Å². The lowest BCUT2D eigenvalue weighted by Gasteiger charge is -2.34. The van der Waals surface area contributed by atoms with Crippen molar-refractivity contribution in [3.05, 3.63) is 169 Å². The van der Waals surface area contributed by atoms with E-state index in [1.807, 2.05) is 0 Å². The molecule has 0 amide bonds. The zero-order chi connectivity index (χ0) is 97.5. The van der Waals surface area contributed by atoms with Crippen molar-refractivity contribution in [1.29, 1.82) is 0 Å². The molecule has 0 heterocycles. The van der Waals surface area contributed by atoms with E-state index in [1.54, 1.807) is 0 Å². The molecule has 0 aliphatic rings. The van der Waals surface area contributed by atoms with Gasteiger partial charge in [-0.25, -0.2) is 0 Å². The Kier molecular flexibility index (Phi) is 4.70. The van der Waals surface area contributed by atoms with Crippen molar-refractivity contribution < 1.29 is 90.1 Å². The minimum atomic E-state index is -0.0282. The van der Waals surface area contributed by atoms with Gasteiger partial charge < -0.3 is 9.80 Å². The summed E-state index contributed by atoms with van der Waals surface area (Å²) in [5.74, 6) is 0. The molecule has 0 radical (unpaired) electrons. The van der Waals surface area contributed by atoms with Crippen LogP contribution in [0.25, 0.3) is 21.5 Å². The lowest BCUT2D eigenvalue weighted by atomic mass is 9.82. The molecule has 0 unspecified atom stereocenters. The standard InChI is InChI=1S/C46H44N2.4CH4.29H2/c1-45(2,3)33-27-29-39-41(31-33)43(47(35-19-11-7-12-20-35)36-21-13-8-14-22-36)40-30-28-34(46(4,5)6)32-42(40)44(39)48(37-23-15-9-16-24-37)38-25-17-10-18-26-38;;;;;;;;;;;;;;;;;;;;;;;;;;;;;;;;;/h7-32H,1-6H3;4*1H4;29*1H/i;4*1D;28*1+1D;1+1. The van der Waals surface area contributed by atoms with Gasteiger partial charge in [0.05, 0.1) is 11.4 Å². The zero-order valence-corrected chi connectivity index (χ0v) is 32.9. The smallest absolute Gasteiger partial charge is 0.0620 e. The first-order chi connectivity index (χ1) is 55.1. The average molecular weight is 809 g/mol. The van der Waals surface area contributed by atoms with Gasteiger partial charge in [0.15, 0.2) is 0 Å². The van der Waals surface area contributed by atoms with Gasteiger partial charge in [0, 0.05) is 134 Å². The molecule has 0 aromatic heterocycles. The van der Waals surface area contributed by atoms with Gasteiger partial charge in [-0.15, -0.1) is 0 Å². The van der Waals surface area contributed by atoms with Gasteiger partial charge in [-0.05, 0) is 82.6 Å². The average Bonchev–Trinajstić information content (AvgIpc) is 0.718. The Morgan fingerprint density at radius 3 is 0.865 bits per heavy atom. The molecule has 0 aliphatic carbocycles. The largest absolute Gasteiger partial charge is 0.309 e. The van der Waals surface area contributed by atoms with Crippen LogP contribution in [0.1, 0.15) is 172 Å². The fraction of sp³-hybridized carbons (Fsp3) is 0.240. The summed E-state index contributed by atoms with van der Waals surface area (Å²) in [6.07, 6.45) is 0. The molecule has 2 heteroatoms. The van der Waals surface area contributed by atoms with E-state index in [2.05, 4.69) is 209 Å². The summed E-state index contributed by atoms with van der Waals surface area (Å²) in [5, 5.41) is 4.86. The minimum Gasteiger partial charge on any atom is -0.309 e. The molecule has 0 bridgehead atoms. The molecule has 2 nitrogen and oxygen atoms in total. The maximum absolute atomic E-state index is 5.75. The number of nitrogens with zero attached hydrogens (tertiary/aromatic N) is 2. The summed E-state index contributed by atoms with van der Waals surface area (Å²) in [4.78, 5) is 4.90. The molecule has 52 heavy (non-hydrogen) atoms. The molecule has 7 aromatic carbocycles. The van der Waals surface area contributed by atoms with Gasteiger partial charge >= 0.3 is 0 Å². The van der Waals surface area contributed by atoms with E-state index >= 15 is 0 Å². The first kappa shape index (κ1) is 15.0. The number of fused-ring (bicyclic) bond motifs is 2. The van der Waals surface area contributed by atoms with Crippen LogP contribution in [0.3, 0.4) is 0 Å². The number of hydrogen-bond acceptors (Lipinski definition) is 2. The number of para-hydroxylation sites is 4. The van der Waals surface area contributed by atoms with Crippen molar-refractivity contribution in [2.75, 3.05) is 9.80 Å². The van der Waals surface area contributed by atoms with E-state index in [-0.39, 0.29) is 12.3 Å². The highest BCUT2D eigenvalue weighted by Gasteiger charge is 2.28. The van der Waals surface area contributed by atoms with Crippen LogP contribution in [0, 0.1) is 0 Å². The lowest BCUT2D eigenvalue weighted by Crippen LogP contribution is -2.16. The van der Waals surface area contributed by atoms with Crippen LogP contribution in [-0.2, 0) is 10.8 Å². The van der Waals surface area contributed by atoms with Gasteiger partial charge in [0.2, 0.25) is 0 Å². The van der Waals surface area contributed by atoms with E-state index in [0.29, 0.717) is 0 Å². The molecule has 0 spiro atoms. The van der Waals surface area contributed by atoms with Crippen LogP contribution < -0.4 is 9.80 Å². The van der Waals surface area contributed by atoms with Crippen LogP contribution >= 0.6 is 0 Å². The quantitative estimate of drug-likeness (QED) is 0.122. The fourth-order valence-corrected chi connectivity index (χ4v) is 6.72. The predicted octanol–water partition coefficient (Wildman–Crippen LogP) is 23.2. The van der Waals surface area contributed by atoms with E-state index in [4.69, 9.17) is 88.6 Å². The van der Waals surface area contributed by atoms with Crippen LogP contribution in [0.4, 0.5) is 34.1 Å². The maximum Gasteiger partial charge on any atom is 0.0620 e. The van der Waals surface area contributed by atoms with E-state index in [9.17, 15) is 0 Å². The number of hydrogen-bond donors (Lipinski definition) is 0. The van der Waals surface area contributed by atoms with Crippen molar-refractivity contribution >= 4 is 55.7 Å². The van der Waals surface area contributed by atoms with Gasteiger partial charge in [0.25, 0.3) is 0 Å². The number of anilines is 6. The molecule has 0 aliphatic heterocycles. The maximum atomic E-state index is 5.75. The Hall–Kier alpha value is -5.34. The first-order valence-electron chi connectivity index (χ1n) is 49.0. The van der Waals surface area contributed by atoms with Crippen LogP contribution in [-0.4, -0.2) is 0 Å². The molecular formula is C50H118N2. The third-order valence-electron chi connectivity index (χ3n) is 9.30. The third kappa shape index (κ3) is 7.77. The molecule has 7 aromatic rings. The Morgan fingerprint density at radius 2 is 0.635 bits per heavy atom. The normalized spacial score (nSPS) is 15.9. The van der Waals surface area contributed by atoms with Crippen LogP contribution in [0.2, 0.25) is 0 Å². The van der Waals surface area contributed by atoms with E-state index < -0.39 is 0 Å². The molecule has 0 saturated heterocycles. The molecule has 328 valence electrons. The highest BCUT2D eigenvalue weighted by atomic mass is 15.2. The van der Waals surface area contributed by atoms with Gasteiger partial charge in [0.1, 0.15) is 0 Å². The highest BCUT2D eigenvalue weighted by Crippen LogP contribution is 2.52. The second-order valence-electron chi connectivity index (χ2n) is 14.7. The number of rotatable bonds is 6. The zero-order valence-electron chi connectivity index (χ0n) is 92.9. The van der Waals surface area contributed by atoms with Crippen molar-refractivity contribution in [3.63, 3.8) is 0 Å². The highest BCUT2D eigenvalue weighted by molar-refractivity contribution is 6.23. The third-order valence-corrected chi connectivity index (χ3v) is 9.30. The van der Waals surface area contributed by atoms with Crippen LogP contribution in [0.15, 0.2) is 158 Å². The molecular weight excluding hydrogens is 629 g/mol. The Labute approximate surface area is 408 Å². The molecule has 0 saturated carbocycles. The molecule has 0 N–H and O–H groups in total. The fourth-order valence-electron chi connectivity index (χ4n) is 6.72. The first-order valence-corrected chi connectivity index (χ1v) is 17.0. The van der Waals surface area contributed by atoms with Crippen molar-refractivity contribution in [3.8, 4) is 0 Å². The summed E-state index contributed by atoms with van der Waals surface area (Å²) >= 11 is 0. The Bertz CT molecular complexity index is 2050. The predicted molar refractivity (Wildman–Crippen MR) is 296 cm³/mol. The Balaban J connectivity index is -0.0000000385. The summed E-state index contributed by atoms with van der Waals surface area (Å²) in [5.41, 5.74) is 9.44. The Morgan fingerprint density at radius 1 is 0.385 bits per heavy atom. The molecule has 0 atom stereocenters. The van der Waals surface area contributed by atoms with Crippen molar-refractivity contribution in [2.45, 2.75) is 82.0 Å². The minimum absolute atomic E-state index is 0. The second kappa shape index (κ2) is 16.3. The summed E-state index contributed by atoms with van der Waals surface area (Å²) in [6, 6.07) is 57.5. The SMILES string of the molecule is CC(C)(C)c1ccc2c(N(c3ccccc3)c3ccccc3)c3cc(C(C)(C)C)ccc3c(N(c3ccccc3)c3ccccc3)c2c1.[2HH].[2H]C.[2H]C.[2H]C.[2H]C.[2H][2H].[2H][2H].[2H][2H].[2H][2H].[2H][2H].[2H][2H].[2H][2H].[2H][2H].[2H][2H].[2H][2H].[2H][2H].[2H][2H].[2H][2H].[2H][2H].[2H][2H].[2H][2H].[2H][2H].[2H][2H].[2H][2H].[2H][2H].[2H][2H].[2H][2H].[2H][2H].[2H][2H].[2H][2H].[2H][2H].[2H][2H].[2H][2H]. The molecule has 7 rings (SSSR count). The number of benzene rings is 7. The summed E-state index contributed by atoms with van der Waals surface area (Å²) in [6.45, 7) is 13.8. The van der Waals surface area contributed by atoms with Crippen molar-refractivity contribution in [1.82, 2.24) is 0 Å². The monoisotopic (exact) mass is 808 g/mol. The molecule has 0 fully saturated rings. The summed E-state index contributed by atoms with van der Waals surface area (Å²) < 4.78 is 303. The van der Waals surface area contributed by atoms with Crippen molar-refractivity contribution in [2.24, 2.45) is 0 Å². The van der Waals surface area contributed by atoms with E-state index in [1.165, 1.54) is 73.7 Å². The van der Waals surface area contributed by atoms with Crippen LogP contribution in [0.5, 0.6) is 0 Å². The van der Waals surface area contributed by atoms with E-state index in [0.717, 1.165) is 22.7 Å². The van der Waals surface area contributed by atoms with Gasteiger partial charge in [-0.2, -0.15) is 0 Å². The summed E-state index contributed by atoms with van der Waals surface area (Å²) in [7, 11) is 5.00. The lowest BCUT2D eigenvalue weighted by molar-refractivity contribution is 0.590. The topological polar surface area (TPSA) is 6.48 Å².